The minimum Gasteiger partial charge on any atom is -0.464 e. The van der Waals surface area contributed by atoms with Gasteiger partial charge in [-0.2, -0.15) is 13.2 Å². The molecular weight excluding hydrogens is 365 g/mol. The molecule has 0 aliphatic heterocycles. The molecule has 1 aromatic heterocycles. The number of alkyl halides is 3. The number of ether oxygens (including phenoxy) is 2. The summed E-state index contributed by atoms with van der Waals surface area (Å²) in [7, 11) is 1.07. The van der Waals surface area contributed by atoms with Crippen LogP contribution in [0, 0.1) is 0 Å². The zero-order chi connectivity index (χ0) is 19.4. The number of pyridine rings is 1. The molecule has 0 aromatic carbocycles. The van der Waals surface area contributed by atoms with Crippen molar-refractivity contribution in [3.8, 4) is 0 Å². The van der Waals surface area contributed by atoms with Gasteiger partial charge in [-0.1, -0.05) is 11.6 Å². The van der Waals surface area contributed by atoms with Gasteiger partial charge in [0.15, 0.2) is 0 Å². The third-order valence-electron chi connectivity index (χ3n) is 2.51. The van der Waals surface area contributed by atoms with Crippen LogP contribution in [-0.4, -0.2) is 29.8 Å². The molecule has 0 saturated carbocycles. The van der Waals surface area contributed by atoms with Gasteiger partial charge in [0, 0.05) is 5.56 Å². The zero-order valence-corrected chi connectivity index (χ0v) is 14.6. The number of halogens is 4. The summed E-state index contributed by atoms with van der Waals surface area (Å²) >= 11 is 5.72. The SMILES string of the molecule is COC(=O)C(=Cc1ccc(C(F)(F)F)nc1Cl)NC(=O)OC(C)(C)C. The van der Waals surface area contributed by atoms with Gasteiger partial charge in [-0.05, 0) is 39.0 Å². The van der Waals surface area contributed by atoms with Crippen molar-refractivity contribution in [1.29, 1.82) is 0 Å². The number of amides is 1. The summed E-state index contributed by atoms with van der Waals surface area (Å²) in [6, 6.07) is 1.71. The quantitative estimate of drug-likeness (QED) is 0.490. The number of methoxy groups -OCH3 is 1. The van der Waals surface area contributed by atoms with Crippen molar-refractivity contribution in [2.45, 2.75) is 32.5 Å². The maximum absolute atomic E-state index is 12.6. The average molecular weight is 381 g/mol. The molecule has 0 atom stereocenters. The Morgan fingerprint density at radius 3 is 2.28 bits per heavy atom. The molecule has 1 aromatic rings. The van der Waals surface area contributed by atoms with Gasteiger partial charge in [-0.25, -0.2) is 14.6 Å². The summed E-state index contributed by atoms with van der Waals surface area (Å²) in [5.41, 5.74) is -2.40. The van der Waals surface area contributed by atoms with E-state index in [2.05, 4.69) is 15.0 Å². The van der Waals surface area contributed by atoms with E-state index in [4.69, 9.17) is 16.3 Å². The van der Waals surface area contributed by atoms with E-state index in [0.29, 0.717) is 6.07 Å². The Labute approximate surface area is 147 Å². The molecule has 0 aliphatic carbocycles. The number of carbonyl (C=O) groups excluding carboxylic acids is 2. The Hall–Kier alpha value is -2.29. The minimum absolute atomic E-state index is 0.0221. The lowest BCUT2D eigenvalue weighted by Crippen LogP contribution is -2.34. The molecule has 0 spiro atoms. The Morgan fingerprint density at radius 2 is 1.84 bits per heavy atom. The van der Waals surface area contributed by atoms with Gasteiger partial charge in [0.1, 0.15) is 22.1 Å². The van der Waals surface area contributed by atoms with Crippen molar-refractivity contribution in [3.05, 3.63) is 34.2 Å². The Morgan fingerprint density at radius 1 is 1.24 bits per heavy atom. The smallest absolute Gasteiger partial charge is 0.433 e. The molecule has 6 nitrogen and oxygen atoms in total. The van der Waals surface area contributed by atoms with Crippen LogP contribution in [0.2, 0.25) is 5.15 Å². The van der Waals surface area contributed by atoms with Crippen molar-refractivity contribution in [3.63, 3.8) is 0 Å². The second-order valence-electron chi connectivity index (χ2n) is 5.75. The van der Waals surface area contributed by atoms with E-state index in [-0.39, 0.29) is 11.3 Å². The van der Waals surface area contributed by atoms with Crippen LogP contribution in [0.3, 0.4) is 0 Å². The summed E-state index contributed by atoms with van der Waals surface area (Å²) in [5.74, 6) is -0.943. The molecule has 10 heteroatoms. The van der Waals surface area contributed by atoms with Crippen LogP contribution in [0.1, 0.15) is 32.0 Å². The first kappa shape index (κ1) is 20.8. The highest BCUT2D eigenvalue weighted by Gasteiger charge is 2.33. The average Bonchev–Trinajstić information content (AvgIpc) is 2.44. The van der Waals surface area contributed by atoms with Crippen LogP contribution < -0.4 is 5.32 Å². The zero-order valence-electron chi connectivity index (χ0n) is 13.8. The Balaban J connectivity index is 3.15. The molecule has 1 N–H and O–H groups in total. The number of carbonyl (C=O) groups is 2. The summed E-state index contributed by atoms with van der Waals surface area (Å²) in [5, 5.41) is 1.66. The predicted octanol–water partition coefficient (Wildman–Crippen LogP) is 3.79. The van der Waals surface area contributed by atoms with Gasteiger partial charge in [-0.15, -0.1) is 0 Å². The van der Waals surface area contributed by atoms with Crippen LogP contribution >= 0.6 is 11.6 Å². The first-order chi connectivity index (χ1) is 11.3. The minimum atomic E-state index is -4.66. The summed E-state index contributed by atoms with van der Waals surface area (Å²) in [6.07, 6.45) is -4.57. The van der Waals surface area contributed by atoms with Crippen molar-refractivity contribution in [2.24, 2.45) is 0 Å². The maximum Gasteiger partial charge on any atom is 0.433 e. The van der Waals surface area contributed by atoms with E-state index in [9.17, 15) is 22.8 Å². The normalized spacial score (nSPS) is 12.6. The van der Waals surface area contributed by atoms with E-state index >= 15 is 0 Å². The van der Waals surface area contributed by atoms with Gasteiger partial charge in [-0.3, -0.25) is 5.32 Å². The molecule has 1 rings (SSSR count). The number of hydrogen-bond donors (Lipinski definition) is 1. The summed E-state index contributed by atoms with van der Waals surface area (Å²) in [6.45, 7) is 4.85. The lowest BCUT2D eigenvalue weighted by molar-refractivity contribution is -0.141. The lowest BCUT2D eigenvalue weighted by atomic mass is 10.2. The van der Waals surface area contributed by atoms with Crippen molar-refractivity contribution in [1.82, 2.24) is 10.3 Å². The van der Waals surface area contributed by atoms with Crippen molar-refractivity contribution < 1.29 is 32.2 Å². The molecule has 1 heterocycles. The van der Waals surface area contributed by atoms with Crippen molar-refractivity contribution >= 4 is 29.7 Å². The first-order valence-corrected chi connectivity index (χ1v) is 7.25. The highest BCUT2D eigenvalue weighted by molar-refractivity contribution is 6.31. The molecule has 138 valence electrons. The molecule has 0 aliphatic rings. The van der Waals surface area contributed by atoms with Crippen LogP contribution in [0.4, 0.5) is 18.0 Å². The van der Waals surface area contributed by atoms with E-state index in [1.807, 2.05) is 0 Å². The van der Waals surface area contributed by atoms with E-state index < -0.39 is 34.7 Å². The van der Waals surface area contributed by atoms with Gasteiger partial charge in [0.2, 0.25) is 0 Å². The second kappa shape index (κ2) is 7.73. The first-order valence-electron chi connectivity index (χ1n) is 6.87. The molecule has 0 fully saturated rings. The van der Waals surface area contributed by atoms with Gasteiger partial charge in [0.25, 0.3) is 0 Å². The molecule has 25 heavy (non-hydrogen) atoms. The lowest BCUT2D eigenvalue weighted by Gasteiger charge is -2.20. The number of rotatable bonds is 3. The van der Waals surface area contributed by atoms with E-state index in [1.165, 1.54) is 0 Å². The fourth-order valence-electron chi connectivity index (χ4n) is 1.54. The molecule has 0 unspecified atom stereocenters. The van der Waals surface area contributed by atoms with Crippen LogP contribution in [0.15, 0.2) is 17.8 Å². The number of hydrogen-bond acceptors (Lipinski definition) is 5. The molecule has 1 amide bonds. The Bertz CT molecular complexity index is 697. The monoisotopic (exact) mass is 380 g/mol. The van der Waals surface area contributed by atoms with Gasteiger partial charge >= 0.3 is 18.2 Å². The number of alkyl carbamates (subject to hydrolysis) is 1. The number of esters is 1. The topological polar surface area (TPSA) is 77.5 Å². The summed E-state index contributed by atoms with van der Waals surface area (Å²) in [4.78, 5) is 26.7. The molecule has 0 saturated heterocycles. The van der Waals surface area contributed by atoms with Crippen LogP contribution in [-0.2, 0) is 20.4 Å². The fourth-order valence-corrected chi connectivity index (χ4v) is 1.74. The van der Waals surface area contributed by atoms with Crippen LogP contribution in [0.25, 0.3) is 6.08 Å². The molecule has 0 radical (unpaired) electrons. The van der Waals surface area contributed by atoms with Crippen molar-refractivity contribution in [2.75, 3.05) is 7.11 Å². The summed E-state index contributed by atoms with van der Waals surface area (Å²) < 4.78 is 47.3. The highest BCUT2D eigenvalue weighted by Crippen LogP contribution is 2.30. The predicted molar refractivity (Wildman–Crippen MR) is 83.6 cm³/mol. The number of nitrogens with one attached hydrogen (secondary N) is 1. The van der Waals surface area contributed by atoms with E-state index in [0.717, 1.165) is 19.3 Å². The van der Waals surface area contributed by atoms with E-state index in [1.54, 1.807) is 20.8 Å². The second-order valence-corrected chi connectivity index (χ2v) is 6.11. The largest absolute Gasteiger partial charge is 0.464 e. The third-order valence-corrected chi connectivity index (χ3v) is 2.81. The Kier molecular flexibility index (Phi) is 6.42. The maximum atomic E-state index is 12.6. The van der Waals surface area contributed by atoms with Crippen LogP contribution in [0.5, 0.6) is 0 Å². The number of aromatic nitrogens is 1. The highest BCUT2D eigenvalue weighted by atomic mass is 35.5. The van der Waals surface area contributed by atoms with Gasteiger partial charge in [0.05, 0.1) is 7.11 Å². The molecule has 0 bridgehead atoms. The van der Waals surface area contributed by atoms with Gasteiger partial charge < -0.3 is 9.47 Å². The fraction of sp³-hybridized carbons (Fsp3) is 0.400. The third kappa shape index (κ3) is 6.61. The standard InChI is InChI=1S/C15H16ClF3N2O4/c1-14(2,3)25-13(23)20-9(12(22)24-4)7-8-5-6-10(15(17,18)19)21-11(8)16/h5-7H,1-4H3,(H,20,23). The number of nitrogens with zero attached hydrogens (tertiary/aromatic N) is 1. The molecular formula is C15H16ClF3N2O4.